The van der Waals surface area contributed by atoms with E-state index in [-0.39, 0.29) is 13.2 Å². The average Bonchev–Trinajstić information content (AvgIpc) is 2.68. The van der Waals surface area contributed by atoms with Crippen molar-refractivity contribution in [2.45, 2.75) is 6.10 Å². The number of nitrogens with zero attached hydrogens (tertiary/aromatic N) is 3. The number of rotatable bonds is 4. The molecular weight excluding hydrogens is 214 g/mol. The number of hydrogen-bond acceptors (Lipinski definition) is 6. The molecule has 8 heteroatoms. The molecule has 0 aliphatic carbocycles. The van der Waals surface area contributed by atoms with Crippen LogP contribution in [0.4, 0.5) is 5.82 Å². The van der Waals surface area contributed by atoms with E-state index in [9.17, 15) is 4.79 Å². The monoisotopic (exact) mass is 225 g/mol. The van der Waals surface area contributed by atoms with Crippen LogP contribution in [0, 0.1) is 0 Å². The Kier molecular flexibility index (Phi) is 2.84. The van der Waals surface area contributed by atoms with E-state index in [4.69, 9.17) is 10.2 Å². The molecule has 0 fully saturated rings. The van der Waals surface area contributed by atoms with E-state index in [1.54, 1.807) is 12.1 Å². The molecule has 86 valence electrons. The molecule has 0 saturated carbocycles. The fourth-order valence-corrected chi connectivity index (χ4v) is 1.18. The smallest absolute Gasteiger partial charge is 0.364 e. The van der Waals surface area contributed by atoms with Gasteiger partial charge in [0.2, 0.25) is 0 Å². The molecule has 8 nitrogen and oxygen atoms in total. The van der Waals surface area contributed by atoms with E-state index < -0.39 is 11.8 Å². The minimum Gasteiger partial charge on any atom is -0.394 e. The van der Waals surface area contributed by atoms with Crippen LogP contribution in [0.2, 0.25) is 0 Å². The molecule has 0 spiro atoms. The van der Waals surface area contributed by atoms with Gasteiger partial charge in [-0.1, -0.05) is 0 Å². The first-order chi connectivity index (χ1) is 7.70. The summed E-state index contributed by atoms with van der Waals surface area (Å²) in [5.41, 5.74) is -0.0142. The van der Waals surface area contributed by atoms with Crippen LogP contribution in [0.3, 0.4) is 0 Å². The minimum atomic E-state index is -0.862. The van der Waals surface area contributed by atoms with Crippen LogP contribution in [0.15, 0.2) is 16.9 Å². The molecule has 0 radical (unpaired) electrons. The van der Waals surface area contributed by atoms with Crippen molar-refractivity contribution in [1.29, 1.82) is 0 Å². The molecule has 0 aliphatic rings. The number of H-pyrrole nitrogens is 1. The Morgan fingerprint density at radius 2 is 2.38 bits per heavy atom. The zero-order valence-electron chi connectivity index (χ0n) is 8.29. The van der Waals surface area contributed by atoms with E-state index >= 15 is 0 Å². The van der Waals surface area contributed by atoms with E-state index in [0.717, 1.165) is 4.52 Å². The normalized spacial score (nSPS) is 12.9. The molecule has 2 aromatic rings. The zero-order chi connectivity index (χ0) is 11.5. The summed E-state index contributed by atoms with van der Waals surface area (Å²) in [5.74, 6) is 0.420. The number of hydrogen-bond donors (Lipinski definition) is 4. The standard InChI is InChI=1S/C8H11N5O3/c14-4-5(15)3-9-6-1-2-7-10-11-8(16)13(7)12-6/h1-2,5,14-15H,3-4H2,(H,9,12)(H,11,16). The highest BCUT2D eigenvalue weighted by Crippen LogP contribution is 2.02. The topological polar surface area (TPSA) is 116 Å². The summed E-state index contributed by atoms with van der Waals surface area (Å²) in [5, 5.41) is 30.4. The Labute approximate surface area is 89.5 Å². The predicted molar refractivity (Wildman–Crippen MR) is 55.2 cm³/mol. The van der Waals surface area contributed by atoms with Crippen LogP contribution < -0.4 is 11.0 Å². The number of aromatic nitrogens is 4. The average molecular weight is 225 g/mol. The van der Waals surface area contributed by atoms with Gasteiger partial charge >= 0.3 is 5.69 Å². The van der Waals surface area contributed by atoms with Crippen molar-refractivity contribution in [1.82, 2.24) is 19.8 Å². The molecule has 2 aromatic heterocycles. The van der Waals surface area contributed by atoms with Crippen molar-refractivity contribution in [3.8, 4) is 0 Å². The highest BCUT2D eigenvalue weighted by molar-refractivity contribution is 5.42. The second-order valence-corrected chi connectivity index (χ2v) is 3.23. The lowest BCUT2D eigenvalue weighted by Gasteiger charge is -2.08. The number of fused-ring (bicyclic) bond motifs is 1. The van der Waals surface area contributed by atoms with Crippen LogP contribution in [0.5, 0.6) is 0 Å². The summed E-state index contributed by atoms with van der Waals surface area (Å²) in [6, 6.07) is 3.23. The van der Waals surface area contributed by atoms with Gasteiger partial charge in [0.1, 0.15) is 5.82 Å². The Hall–Kier alpha value is -1.93. The number of aliphatic hydroxyl groups is 2. The van der Waals surface area contributed by atoms with Crippen molar-refractivity contribution in [2.24, 2.45) is 0 Å². The molecule has 2 heterocycles. The van der Waals surface area contributed by atoms with Crippen LogP contribution >= 0.6 is 0 Å². The molecule has 0 amide bonds. The van der Waals surface area contributed by atoms with E-state index in [1.807, 2.05) is 0 Å². The molecule has 1 atom stereocenters. The summed E-state index contributed by atoms with van der Waals surface area (Å²) in [7, 11) is 0. The van der Waals surface area contributed by atoms with E-state index in [0.29, 0.717) is 11.5 Å². The van der Waals surface area contributed by atoms with Crippen molar-refractivity contribution >= 4 is 11.5 Å². The van der Waals surface area contributed by atoms with E-state index in [2.05, 4.69) is 20.6 Å². The van der Waals surface area contributed by atoms with Crippen molar-refractivity contribution in [3.05, 3.63) is 22.6 Å². The molecule has 4 N–H and O–H groups in total. The van der Waals surface area contributed by atoms with Gasteiger partial charge in [-0.3, -0.25) is 0 Å². The molecule has 0 saturated heterocycles. The maximum Gasteiger partial charge on any atom is 0.364 e. The van der Waals surface area contributed by atoms with Gasteiger partial charge in [-0.25, -0.2) is 9.89 Å². The van der Waals surface area contributed by atoms with Gasteiger partial charge < -0.3 is 15.5 Å². The quantitative estimate of drug-likeness (QED) is 0.487. The Morgan fingerprint density at radius 1 is 1.56 bits per heavy atom. The second kappa shape index (κ2) is 4.29. The summed E-state index contributed by atoms with van der Waals surface area (Å²) in [6.45, 7) is -0.178. The van der Waals surface area contributed by atoms with Crippen molar-refractivity contribution < 1.29 is 10.2 Å². The van der Waals surface area contributed by atoms with Crippen LogP contribution in [0.1, 0.15) is 0 Å². The Balaban J connectivity index is 2.19. The fraction of sp³-hybridized carbons (Fsp3) is 0.375. The lowest BCUT2D eigenvalue weighted by Crippen LogP contribution is -2.24. The van der Waals surface area contributed by atoms with Crippen molar-refractivity contribution in [3.63, 3.8) is 0 Å². The summed E-state index contributed by atoms with van der Waals surface area (Å²) >= 11 is 0. The molecule has 0 aromatic carbocycles. The Bertz CT molecular complexity index is 534. The van der Waals surface area contributed by atoms with Gasteiger partial charge in [0.05, 0.1) is 12.7 Å². The van der Waals surface area contributed by atoms with Gasteiger partial charge in [-0.15, -0.1) is 5.10 Å². The highest BCUT2D eigenvalue weighted by atomic mass is 16.3. The first-order valence-electron chi connectivity index (χ1n) is 4.68. The molecule has 16 heavy (non-hydrogen) atoms. The highest BCUT2D eigenvalue weighted by Gasteiger charge is 2.04. The van der Waals surface area contributed by atoms with Crippen LogP contribution in [-0.2, 0) is 0 Å². The summed E-state index contributed by atoms with van der Waals surface area (Å²) < 4.78 is 1.10. The van der Waals surface area contributed by atoms with Crippen molar-refractivity contribution in [2.75, 3.05) is 18.5 Å². The first-order valence-corrected chi connectivity index (χ1v) is 4.68. The van der Waals surface area contributed by atoms with Crippen LogP contribution in [-0.4, -0.2) is 49.3 Å². The van der Waals surface area contributed by atoms with Crippen LogP contribution in [0.25, 0.3) is 5.65 Å². The fourth-order valence-electron chi connectivity index (χ4n) is 1.18. The van der Waals surface area contributed by atoms with Gasteiger partial charge in [0, 0.05) is 6.54 Å². The Morgan fingerprint density at radius 3 is 3.12 bits per heavy atom. The van der Waals surface area contributed by atoms with E-state index in [1.165, 1.54) is 0 Å². The van der Waals surface area contributed by atoms with Gasteiger partial charge in [0.15, 0.2) is 5.65 Å². The largest absolute Gasteiger partial charge is 0.394 e. The number of aromatic amines is 1. The molecule has 2 rings (SSSR count). The predicted octanol–water partition coefficient (Wildman–Crippen LogP) is -1.82. The number of anilines is 1. The third-order valence-electron chi connectivity index (χ3n) is 2.00. The maximum absolute atomic E-state index is 11.2. The lowest BCUT2D eigenvalue weighted by molar-refractivity contribution is 0.105. The minimum absolute atomic E-state index is 0.154. The second-order valence-electron chi connectivity index (χ2n) is 3.23. The summed E-state index contributed by atoms with van der Waals surface area (Å²) in [6.07, 6.45) is -0.862. The lowest BCUT2D eigenvalue weighted by atomic mass is 10.4. The molecule has 0 bridgehead atoms. The third kappa shape index (κ3) is 2.02. The molecular formula is C8H11N5O3. The van der Waals surface area contributed by atoms with Gasteiger partial charge in [-0.05, 0) is 12.1 Å². The van der Waals surface area contributed by atoms with Gasteiger partial charge in [0.25, 0.3) is 0 Å². The molecule has 0 aliphatic heterocycles. The maximum atomic E-state index is 11.2. The SMILES string of the molecule is O=c1[nH]nc2ccc(NCC(O)CO)nn12. The first kappa shape index (κ1) is 10.6. The number of aliphatic hydroxyl groups excluding tert-OH is 2. The zero-order valence-corrected chi connectivity index (χ0v) is 8.29. The number of nitrogens with one attached hydrogen (secondary N) is 2. The van der Waals surface area contributed by atoms with Gasteiger partial charge in [-0.2, -0.15) is 9.61 Å². The summed E-state index contributed by atoms with van der Waals surface area (Å²) in [4.78, 5) is 11.2. The third-order valence-corrected chi connectivity index (χ3v) is 2.00. The molecule has 1 unspecified atom stereocenters.